The van der Waals surface area contributed by atoms with Crippen molar-refractivity contribution in [2.75, 3.05) is 26.9 Å². The predicted octanol–water partition coefficient (Wildman–Crippen LogP) is 1.00. The van der Waals surface area contributed by atoms with Crippen molar-refractivity contribution in [1.82, 2.24) is 10.6 Å². The molecule has 1 unspecified atom stereocenters. The molecule has 1 amide bonds. The summed E-state index contributed by atoms with van der Waals surface area (Å²) in [7, 11) is 1.65. The van der Waals surface area contributed by atoms with Crippen molar-refractivity contribution in [2.24, 2.45) is 0 Å². The summed E-state index contributed by atoms with van der Waals surface area (Å²) in [5.41, 5.74) is 0.958. The largest absolute Gasteiger partial charge is 0.493 e. The number of hydrogen-bond donors (Lipinski definition) is 3. The Morgan fingerprint density at radius 2 is 2.26 bits per heavy atom. The molecule has 0 fully saturated rings. The van der Waals surface area contributed by atoms with Gasteiger partial charge in [-0.1, -0.05) is 18.2 Å². The molecule has 6 nitrogen and oxygen atoms in total. The number of amides is 1. The number of benzene rings is 1. The van der Waals surface area contributed by atoms with Crippen molar-refractivity contribution >= 4 is 5.91 Å². The maximum absolute atomic E-state index is 12.3. The van der Waals surface area contributed by atoms with Gasteiger partial charge in [0, 0.05) is 31.7 Å². The second-order valence-corrected chi connectivity index (χ2v) is 5.77. The van der Waals surface area contributed by atoms with Crippen molar-refractivity contribution < 1.29 is 19.4 Å². The van der Waals surface area contributed by atoms with E-state index in [2.05, 4.69) is 10.6 Å². The molecule has 0 aromatic heterocycles. The summed E-state index contributed by atoms with van der Waals surface area (Å²) < 4.78 is 10.6. The van der Waals surface area contributed by atoms with Crippen LogP contribution in [0.5, 0.6) is 5.75 Å². The average molecular weight is 322 g/mol. The number of carbonyl (C=O) groups is 1. The lowest BCUT2D eigenvalue weighted by atomic mass is 10.00. The molecular formula is C17H26N2O4. The Bertz CT molecular complexity index is 509. The maximum Gasteiger partial charge on any atom is 0.250 e. The Morgan fingerprint density at radius 3 is 3.04 bits per heavy atom. The molecule has 1 aromatic carbocycles. The zero-order valence-corrected chi connectivity index (χ0v) is 13.7. The first-order valence-corrected chi connectivity index (χ1v) is 8.06. The molecule has 1 aliphatic heterocycles. The van der Waals surface area contributed by atoms with Gasteiger partial charge in [0.2, 0.25) is 0 Å². The monoisotopic (exact) mass is 322 g/mol. The lowest BCUT2D eigenvalue weighted by molar-refractivity contribution is -0.131. The van der Waals surface area contributed by atoms with Crippen LogP contribution in [0.3, 0.4) is 0 Å². The van der Waals surface area contributed by atoms with Crippen molar-refractivity contribution in [2.45, 2.75) is 38.0 Å². The van der Waals surface area contributed by atoms with E-state index in [1.54, 1.807) is 14.0 Å². The summed E-state index contributed by atoms with van der Waals surface area (Å²) in [6, 6.07) is 7.22. The van der Waals surface area contributed by atoms with Gasteiger partial charge in [0.15, 0.2) is 0 Å². The molecular weight excluding hydrogens is 296 g/mol. The second-order valence-electron chi connectivity index (χ2n) is 5.77. The molecule has 1 heterocycles. The predicted molar refractivity (Wildman–Crippen MR) is 87.4 cm³/mol. The zero-order chi connectivity index (χ0) is 16.7. The number of methoxy groups -OCH3 is 1. The Balaban J connectivity index is 1.86. The van der Waals surface area contributed by atoms with Crippen LogP contribution in [0.4, 0.5) is 0 Å². The first kappa shape index (κ1) is 17.7. The van der Waals surface area contributed by atoms with Gasteiger partial charge in [-0.15, -0.1) is 0 Å². The second kappa shape index (κ2) is 8.86. The first-order chi connectivity index (χ1) is 11.1. The number of fused-ring (bicyclic) bond motifs is 1. The fraction of sp³-hybridized carbons (Fsp3) is 0.588. The third-order valence-corrected chi connectivity index (χ3v) is 4.01. The van der Waals surface area contributed by atoms with E-state index in [-0.39, 0.29) is 18.0 Å². The molecule has 0 saturated carbocycles. The lowest BCUT2D eigenvalue weighted by Crippen LogP contribution is -2.48. The molecule has 0 spiro atoms. The normalized spacial score (nSPS) is 19.3. The van der Waals surface area contributed by atoms with Crippen molar-refractivity contribution in [1.29, 1.82) is 0 Å². The molecule has 0 saturated heterocycles. The van der Waals surface area contributed by atoms with Gasteiger partial charge in [0.05, 0.1) is 12.6 Å². The third kappa shape index (κ3) is 4.92. The molecule has 6 heteroatoms. The summed E-state index contributed by atoms with van der Waals surface area (Å²) in [6.07, 6.45) is 0.445. The van der Waals surface area contributed by atoms with E-state index in [9.17, 15) is 9.90 Å². The van der Waals surface area contributed by atoms with E-state index >= 15 is 0 Å². The highest BCUT2D eigenvalue weighted by atomic mass is 16.5. The maximum atomic E-state index is 12.3. The van der Waals surface area contributed by atoms with Crippen LogP contribution in [0.2, 0.25) is 0 Å². The Hall–Kier alpha value is -1.63. The van der Waals surface area contributed by atoms with Gasteiger partial charge in [-0.2, -0.15) is 0 Å². The van der Waals surface area contributed by atoms with Gasteiger partial charge < -0.3 is 25.2 Å². The number of hydrogen-bond acceptors (Lipinski definition) is 5. The summed E-state index contributed by atoms with van der Waals surface area (Å²) >= 11 is 0. The van der Waals surface area contributed by atoms with Crippen molar-refractivity contribution in [3.8, 4) is 5.75 Å². The molecule has 0 bridgehead atoms. The van der Waals surface area contributed by atoms with Crippen LogP contribution in [-0.4, -0.2) is 50.0 Å². The van der Waals surface area contributed by atoms with Crippen LogP contribution >= 0.6 is 0 Å². The number of aliphatic hydroxyl groups excluding tert-OH is 1. The van der Waals surface area contributed by atoms with Crippen LogP contribution in [0.25, 0.3) is 0 Å². The zero-order valence-electron chi connectivity index (χ0n) is 13.7. The summed E-state index contributed by atoms with van der Waals surface area (Å²) in [5, 5.41) is 16.2. The lowest BCUT2D eigenvalue weighted by Gasteiger charge is -2.28. The number of rotatable bonds is 8. The van der Waals surface area contributed by atoms with Gasteiger partial charge in [0.25, 0.3) is 5.91 Å². The Labute approximate surface area is 137 Å². The highest BCUT2D eigenvalue weighted by Crippen LogP contribution is 2.31. The van der Waals surface area contributed by atoms with Crippen molar-refractivity contribution in [3.63, 3.8) is 0 Å². The molecule has 3 N–H and O–H groups in total. The third-order valence-electron chi connectivity index (χ3n) is 4.01. The quantitative estimate of drug-likeness (QED) is 0.622. The fourth-order valence-electron chi connectivity index (χ4n) is 2.63. The minimum Gasteiger partial charge on any atom is -0.493 e. The molecule has 0 aliphatic carbocycles. The smallest absolute Gasteiger partial charge is 0.250 e. The molecule has 23 heavy (non-hydrogen) atoms. The van der Waals surface area contributed by atoms with E-state index in [0.717, 1.165) is 17.7 Å². The molecule has 3 atom stereocenters. The number of aliphatic hydroxyl groups is 1. The van der Waals surface area contributed by atoms with Gasteiger partial charge in [-0.25, -0.2) is 0 Å². The van der Waals surface area contributed by atoms with Crippen LogP contribution in [0.15, 0.2) is 24.3 Å². The highest BCUT2D eigenvalue weighted by molar-refractivity contribution is 5.81. The summed E-state index contributed by atoms with van der Waals surface area (Å²) in [6.45, 7) is 3.71. The molecule has 1 aromatic rings. The minimum atomic E-state index is -1.09. The Morgan fingerprint density at radius 1 is 1.48 bits per heavy atom. The van der Waals surface area contributed by atoms with Crippen LogP contribution in [0, 0.1) is 0 Å². The molecule has 128 valence electrons. The topological polar surface area (TPSA) is 79.8 Å². The number of carbonyl (C=O) groups excluding carboxylic acids is 1. The van der Waals surface area contributed by atoms with E-state index < -0.39 is 6.10 Å². The number of nitrogens with one attached hydrogen (secondary N) is 2. The molecule has 1 aliphatic rings. The highest BCUT2D eigenvalue weighted by Gasteiger charge is 2.27. The first-order valence-electron chi connectivity index (χ1n) is 8.06. The van der Waals surface area contributed by atoms with Crippen LogP contribution in [-0.2, 0) is 9.53 Å². The standard InChI is InChI=1S/C17H26N2O4/c1-12(18-9-5-10-22-2)16(20)17(21)19-14-8-11-23-15-7-4-3-6-13(14)15/h3-4,6-7,12,14,16,18,20H,5,8-11H2,1-2H3,(H,19,21)/t12-,14?,16+/m0/s1. The van der Waals surface area contributed by atoms with E-state index in [0.29, 0.717) is 26.2 Å². The van der Waals surface area contributed by atoms with Crippen LogP contribution < -0.4 is 15.4 Å². The Kier molecular flexibility index (Phi) is 6.83. The number of para-hydroxylation sites is 1. The van der Waals surface area contributed by atoms with E-state index in [1.807, 2.05) is 24.3 Å². The molecule has 2 rings (SSSR count). The van der Waals surface area contributed by atoms with Gasteiger partial charge in [-0.05, 0) is 26.0 Å². The van der Waals surface area contributed by atoms with Gasteiger partial charge in [0.1, 0.15) is 11.9 Å². The van der Waals surface area contributed by atoms with E-state index in [4.69, 9.17) is 9.47 Å². The van der Waals surface area contributed by atoms with Gasteiger partial charge >= 0.3 is 0 Å². The van der Waals surface area contributed by atoms with Crippen LogP contribution in [0.1, 0.15) is 31.4 Å². The fourth-order valence-corrected chi connectivity index (χ4v) is 2.63. The molecule has 0 radical (unpaired) electrons. The average Bonchev–Trinajstić information content (AvgIpc) is 2.58. The summed E-state index contributed by atoms with van der Waals surface area (Å²) in [4.78, 5) is 12.3. The summed E-state index contributed by atoms with van der Waals surface area (Å²) in [5.74, 6) is 0.433. The van der Waals surface area contributed by atoms with E-state index in [1.165, 1.54) is 0 Å². The van der Waals surface area contributed by atoms with Crippen molar-refractivity contribution in [3.05, 3.63) is 29.8 Å². The number of ether oxygens (including phenoxy) is 2. The minimum absolute atomic E-state index is 0.122. The van der Waals surface area contributed by atoms with Gasteiger partial charge in [-0.3, -0.25) is 4.79 Å². The SMILES string of the molecule is COCCCN[C@@H](C)[C@@H](O)C(=O)NC1CCOc2ccccc21.